The van der Waals surface area contributed by atoms with E-state index in [1.165, 1.54) is 21.6 Å². The number of nitrogens with zero attached hydrogens (tertiary/aromatic N) is 2. The molecule has 0 aliphatic rings. The fourth-order valence-corrected chi connectivity index (χ4v) is 2.51. The van der Waals surface area contributed by atoms with Crippen LogP contribution in [0.4, 0.5) is 5.82 Å². The van der Waals surface area contributed by atoms with Gasteiger partial charge in [-0.25, -0.2) is 0 Å². The molecule has 2 aromatic rings. The van der Waals surface area contributed by atoms with Crippen molar-refractivity contribution < 1.29 is 0 Å². The van der Waals surface area contributed by atoms with Crippen molar-refractivity contribution in [3.8, 4) is 11.1 Å². The van der Waals surface area contributed by atoms with Crippen molar-refractivity contribution >= 4 is 17.6 Å². The standard InChI is InChI=1S/C13H17N3S/c1-8-5-10(12(17-4)6-9(8)2)11-7-15-16(3)13(11)14/h5-7H,14H2,1-4H3. The summed E-state index contributed by atoms with van der Waals surface area (Å²) in [5.41, 5.74) is 10.8. The number of aromatic nitrogens is 2. The second-order valence-electron chi connectivity index (χ2n) is 4.20. The SMILES string of the molecule is CSc1cc(C)c(C)cc1-c1cnn(C)c1N. The van der Waals surface area contributed by atoms with Gasteiger partial charge in [-0.1, -0.05) is 0 Å². The van der Waals surface area contributed by atoms with Gasteiger partial charge in [-0.15, -0.1) is 11.8 Å². The predicted octanol–water partition coefficient (Wildman–Crippen LogP) is 3.01. The van der Waals surface area contributed by atoms with Gasteiger partial charge in [0, 0.05) is 23.1 Å². The Labute approximate surface area is 106 Å². The third-order valence-corrected chi connectivity index (χ3v) is 3.87. The first-order chi connectivity index (χ1) is 8.04. The molecular weight excluding hydrogens is 230 g/mol. The van der Waals surface area contributed by atoms with Crippen molar-refractivity contribution in [1.82, 2.24) is 9.78 Å². The minimum atomic E-state index is 0.712. The zero-order valence-electron chi connectivity index (χ0n) is 10.6. The summed E-state index contributed by atoms with van der Waals surface area (Å²) < 4.78 is 1.70. The van der Waals surface area contributed by atoms with Crippen molar-refractivity contribution in [3.63, 3.8) is 0 Å². The van der Waals surface area contributed by atoms with Crippen LogP contribution >= 0.6 is 11.8 Å². The molecule has 0 atom stereocenters. The molecule has 2 N–H and O–H groups in total. The second kappa shape index (κ2) is 4.45. The maximum Gasteiger partial charge on any atom is 0.129 e. The maximum absolute atomic E-state index is 6.04. The first kappa shape index (κ1) is 12.0. The number of rotatable bonds is 2. The van der Waals surface area contributed by atoms with Crippen molar-refractivity contribution in [2.24, 2.45) is 7.05 Å². The van der Waals surface area contributed by atoms with Gasteiger partial charge >= 0.3 is 0 Å². The molecule has 0 amide bonds. The van der Waals surface area contributed by atoms with Gasteiger partial charge in [0.25, 0.3) is 0 Å². The molecule has 2 rings (SSSR count). The van der Waals surface area contributed by atoms with Crippen LogP contribution in [-0.2, 0) is 7.05 Å². The van der Waals surface area contributed by atoms with Gasteiger partial charge in [0.05, 0.1) is 6.20 Å². The number of nitrogen functional groups attached to an aromatic ring is 1. The van der Waals surface area contributed by atoms with Gasteiger partial charge in [0.1, 0.15) is 5.82 Å². The Balaban J connectivity index is 2.66. The fraction of sp³-hybridized carbons (Fsp3) is 0.308. The van der Waals surface area contributed by atoms with E-state index < -0.39 is 0 Å². The highest BCUT2D eigenvalue weighted by atomic mass is 32.2. The van der Waals surface area contributed by atoms with E-state index >= 15 is 0 Å². The fourth-order valence-electron chi connectivity index (χ4n) is 1.82. The lowest BCUT2D eigenvalue weighted by Crippen LogP contribution is -1.98. The number of nitrogens with two attached hydrogens (primary N) is 1. The largest absolute Gasteiger partial charge is 0.383 e. The molecule has 0 saturated heterocycles. The lowest BCUT2D eigenvalue weighted by Gasteiger charge is -2.10. The Morgan fingerprint density at radius 3 is 2.35 bits per heavy atom. The average Bonchev–Trinajstić information content (AvgIpc) is 2.63. The Hall–Kier alpha value is -1.42. The normalized spacial score (nSPS) is 10.8. The van der Waals surface area contributed by atoms with Crippen LogP contribution < -0.4 is 5.73 Å². The predicted molar refractivity (Wildman–Crippen MR) is 74.3 cm³/mol. The molecule has 4 heteroatoms. The number of thioether (sulfide) groups is 1. The van der Waals surface area contributed by atoms with Gasteiger partial charge in [-0.05, 0) is 43.4 Å². The Morgan fingerprint density at radius 2 is 1.82 bits per heavy atom. The molecule has 90 valence electrons. The quantitative estimate of drug-likeness (QED) is 0.830. The molecule has 0 unspecified atom stereocenters. The third kappa shape index (κ3) is 2.05. The number of benzene rings is 1. The van der Waals surface area contributed by atoms with Crippen molar-refractivity contribution in [3.05, 3.63) is 29.5 Å². The third-order valence-electron chi connectivity index (χ3n) is 3.09. The molecule has 0 radical (unpaired) electrons. The van der Waals surface area contributed by atoms with E-state index in [-0.39, 0.29) is 0 Å². The van der Waals surface area contributed by atoms with Gasteiger partial charge in [0.2, 0.25) is 0 Å². The van der Waals surface area contributed by atoms with Crippen LogP contribution in [0.15, 0.2) is 23.2 Å². The molecule has 1 heterocycles. The number of anilines is 1. The van der Waals surface area contributed by atoms with Crippen LogP contribution in [0.5, 0.6) is 0 Å². The number of aryl methyl sites for hydroxylation is 3. The van der Waals surface area contributed by atoms with Gasteiger partial charge in [-0.2, -0.15) is 5.10 Å². The zero-order valence-corrected chi connectivity index (χ0v) is 11.4. The van der Waals surface area contributed by atoms with E-state index in [0.717, 1.165) is 5.56 Å². The molecular formula is C13H17N3S. The van der Waals surface area contributed by atoms with E-state index in [9.17, 15) is 0 Å². The van der Waals surface area contributed by atoms with E-state index in [1.54, 1.807) is 16.4 Å². The van der Waals surface area contributed by atoms with Crippen LogP contribution in [0.1, 0.15) is 11.1 Å². The molecule has 3 nitrogen and oxygen atoms in total. The van der Waals surface area contributed by atoms with Crippen LogP contribution in [0, 0.1) is 13.8 Å². The van der Waals surface area contributed by atoms with E-state index in [0.29, 0.717) is 5.82 Å². The molecule has 0 bridgehead atoms. The molecule has 1 aromatic heterocycles. The first-order valence-corrected chi connectivity index (χ1v) is 6.70. The molecule has 0 aliphatic heterocycles. The topological polar surface area (TPSA) is 43.8 Å². The number of hydrogen-bond acceptors (Lipinski definition) is 3. The number of hydrogen-bond donors (Lipinski definition) is 1. The summed E-state index contributed by atoms with van der Waals surface area (Å²) in [6.07, 6.45) is 3.92. The highest BCUT2D eigenvalue weighted by molar-refractivity contribution is 7.98. The smallest absolute Gasteiger partial charge is 0.129 e. The van der Waals surface area contributed by atoms with Crippen molar-refractivity contribution in [2.75, 3.05) is 12.0 Å². The Bertz CT molecular complexity index is 558. The van der Waals surface area contributed by atoms with Crippen LogP contribution in [-0.4, -0.2) is 16.0 Å². The minimum absolute atomic E-state index is 0.712. The maximum atomic E-state index is 6.04. The van der Waals surface area contributed by atoms with Crippen molar-refractivity contribution in [1.29, 1.82) is 0 Å². The van der Waals surface area contributed by atoms with Gasteiger partial charge in [-0.3, -0.25) is 4.68 Å². The summed E-state index contributed by atoms with van der Waals surface area (Å²) >= 11 is 1.74. The molecule has 17 heavy (non-hydrogen) atoms. The summed E-state index contributed by atoms with van der Waals surface area (Å²) in [7, 11) is 1.86. The van der Waals surface area contributed by atoms with Crippen molar-refractivity contribution in [2.45, 2.75) is 18.7 Å². The summed E-state index contributed by atoms with van der Waals surface area (Å²) in [5.74, 6) is 0.712. The van der Waals surface area contributed by atoms with E-state index in [2.05, 4.69) is 37.3 Å². The molecule has 0 aliphatic carbocycles. The monoisotopic (exact) mass is 247 g/mol. The van der Waals surface area contributed by atoms with Crippen LogP contribution in [0.2, 0.25) is 0 Å². The highest BCUT2D eigenvalue weighted by Crippen LogP contribution is 2.35. The van der Waals surface area contributed by atoms with Crippen LogP contribution in [0.3, 0.4) is 0 Å². The van der Waals surface area contributed by atoms with Crippen LogP contribution in [0.25, 0.3) is 11.1 Å². The minimum Gasteiger partial charge on any atom is -0.383 e. The summed E-state index contributed by atoms with van der Waals surface area (Å²) in [5, 5.41) is 4.20. The van der Waals surface area contributed by atoms with Gasteiger partial charge in [0.15, 0.2) is 0 Å². The second-order valence-corrected chi connectivity index (χ2v) is 5.05. The van der Waals surface area contributed by atoms with E-state index in [1.807, 2.05) is 13.2 Å². The first-order valence-electron chi connectivity index (χ1n) is 5.47. The van der Waals surface area contributed by atoms with E-state index in [4.69, 9.17) is 5.73 Å². The summed E-state index contributed by atoms with van der Waals surface area (Å²) in [6, 6.07) is 4.40. The molecule has 0 spiro atoms. The zero-order chi connectivity index (χ0) is 12.6. The molecule has 0 fully saturated rings. The Kier molecular flexibility index (Phi) is 3.15. The molecule has 1 aromatic carbocycles. The lowest BCUT2D eigenvalue weighted by molar-refractivity contribution is 0.779. The summed E-state index contributed by atoms with van der Waals surface area (Å²) in [4.78, 5) is 1.24. The lowest BCUT2D eigenvalue weighted by atomic mass is 10.0. The average molecular weight is 247 g/mol. The molecule has 0 saturated carbocycles. The summed E-state index contributed by atoms with van der Waals surface area (Å²) in [6.45, 7) is 4.25. The highest BCUT2D eigenvalue weighted by Gasteiger charge is 2.12. The van der Waals surface area contributed by atoms with Gasteiger partial charge < -0.3 is 5.73 Å². The Morgan fingerprint density at radius 1 is 1.18 bits per heavy atom.